The number of imide groups is 1. The molecule has 7 heteroatoms. The number of fused-ring (bicyclic) bond motifs is 1. The molecule has 0 unspecified atom stereocenters. The van der Waals surface area contributed by atoms with Gasteiger partial charge in [0.15, 0.2) is 0 Å². The largest absolute Gasteiger partial charge is 0.492 e. The summed E-state index contributed by atoms with van der Waals surface area (Å²) in [6, 6.07) is 12.1. The third kappa shape index (κ3) is 4.20. The Labute approximate surface area is 163 Å². The Morgan fingerprint density at radius 2 is 1.71 bits per heavy atom. The number of benzene rings is 2. The maximum Gasteiger partial charge on any atom is 0.261 e. The van der Waals surface area contributed by atoms with Crippen LogP contribution in [0.15, 0.2) is 42.5 Å². The van der Waals surface area contributed by atoms with E-state index in [2.05, 4.69) is 5.32 Å². The molecule has 3 amide bonds. The van der Waals surface area contributed by atoms with Crippen molar-refractivity contribution < 1.29 is 19.1 Å². The molecule has 1 aliphatic heterocycles. The minimum Gasteiger partial charge on any atom is -0.492 e. The van der Waals surface area contributed by atoms with E-state index in [0.29, 0.717) is 24.3 Å². The first-order valence-electron chi connectivity index (χ1n) is 8.98. The average molecular weight is 381 g/mol. The average Bonchev–Trinajstić information content (AvgIpc) is 2.90. The van der Waals surface area contributed by atoms with E-state index in [0.717, 1.165) is 22.8 Å². The topological polar surface area (TPSA) is 79.0 Å². The maximum absolute atomic E-state index is 12.4. The van der Waals surface area contributed by atoms with Gasteiger partial charge in [0.2, 0.25) is 0 Å². The molecule has 2 aromatic rings. The van der Waals surface area contributed by atoms with Crippen LogP contribution in [0.4, 0.5) is 0 Å². The summed E-state index contributed by atoms with van der Waals surface area (Å²) in [6.07, 6.45) is 0. The van der Waals surface area contributed by atoms with Crippen molar-refractivity contribution in [1.29, 1.82) is 0 Å². The quantitative estimate of drug-likeness (QED) is 0.740. The van der Waals surface area contributed by atoms with Crippen LogP contribution in [0.1, 0.15) is 36.6 Å². The summed E-state index contributed by atoms with van der Waals surface area (Å²) in [6.45, 7) is 1.79. The van der Waals surface area contributed by atoms with Crippen LogP contribution in [0.2, 0.25) is 0 Å². The zero-order valence-electron chi connectivity index (χ0n) is 16.2. The van der Waals surface area contributed by atoms with E-state index < -0.39 is 0 Å². The Bertz CT molecular complexity index is 906. The highest BCUT2D eigenvalue weighted by Gasteiger charge is 2.33. The predicted octanol–water partition coefficient (Wildman–Crippen LogP) is 1.78. The van der Waals surface area contributed by atoms with Gasteiger partial charge in [0.05, 0.1) is 11.1 Å². The number of carbonyl (C=O) groups is 3. The molecule has 0 saturated heterocycles. The summed E-state index contributed by atoms with van der Waals surface area (Å²) < 4.78 is 5.64. The molecule has 0 radical (unpaired) electrons. The van der Waals surface area contributed by atoms with Crippen LogP contribution >= 0.6 is 0 Å². The lowest BCUT2D eigenvalue weighted by atomic mass is 10.1. The van der Waals surface area contributed by atoms with Gasteiger partial charge in [-0.15, -0.1) is 0 Å². The van der Waals surface area contributed by atoms with Crippen molar-refractivity contribution in [2.45, 2.75) is 6.54 Å². The number of carbonyl (C=O) groups excluding carboxylic acids is 3. The molecule has 28 heavy (non-hydrogen) atoms. The fourth-order valence-corrected chi connectivity index (χ4v) is 2.84. The smallest absolute Gasteiger partial charge is 0.261 e. The Morgan fingerprint density at radius 1 is 1.04 bits per heavy atom. The van der Waals surface area contributed by atoms with Gasteiger partial charge in [0.1, 0.15) is 12.4 Å². The number of hydrogen-bond acceptors (Lipinski definition) is 5. The summed E-state index contributed by atoms with van der Waals surface area (Å²) in [7, 11) is 5.41. The molecule has 0 saturated carbocycles. The molecule has 0 atom stereocenters. The Morgan fingerprint density at radius 3 is 2.39 bits per heavy atom. The second kappa shape index (κ2) is 8.22. The SMILES string of the molecule is CN(C)CCOc1ccc(CNC(=O)c2ccc3c(c2)C(=O)N(C)C3=O)cc1. The van der Waals surface area contributed by atoms with Crippen LogP contribution in [0, 0.1) is 0 Å². The van der Waals surface area contributed by atoms with Crippen LogP contribution in [-0.2, 0) is 6.54 Å². The van der Waals surface area contributed by atoms with Crippen molar-refractivity contribution in [3.63, 3.8) is 0 Å². The number of rotatable bonds is 7. The molecule has 0 aromatic heterocycles. The normalized spacial score (nSPS) is 13.1. The second-order valence-electron chi connectivity index (χ2n) is 6.91. The molecule has 3 rings (SSSR count). The van der Waals surface area contributed by atoms with E-state index in [4.69, 9.17) is 4.74 Å². The molecule has 1 aliphatic rings. The van der Waals surface area contributed by atoms with E-state index in [9.17, 15) is 14.4 Å². The predicted molar refractivity (Wildman–Crippen MR) is 105 cm³/mol. The first kappa shape index (κ1) is 19.6. The molecule has 1 N–H and O–H groups in total. The number of hydrogen-bond donors (Lipinski definition) is 1. The van der Waals surface area contributed by atoms with Gasteiger partial charge in [-0.3, -0.25) is 19.3 Å². The van der Waals surface area contributed by atoms with Crippen molar-refractivity contribution >= 4 is 17.7 Å². The summed E-state index contributed by atoms with van der Waals surface area (Å²) in [5.74, 6) is -0.258. The number of nitrogens with one attached hydrogen (secondary N) is 1. The highest BCUT2D eigenvalue weighted by atomic mass is 16.5. The standard InChI is InChI=1S/C21H23N3O4/c1-23(2)10-11-28-16-7-4-14(5-8-16)13-22-19(25)15-6-9-17-18(12-15)21(27)24(3)20(17)26/h4-9,12H,10-11,13H2,1-3H3,(H,22,25). The van der Waals surface area contributed by atoms with Crippen LogP contribution in [0.5, 0.6) is 5.75 Å². The minimum atomic E-state index is -0.389. The Balaban J connectivity index is 1.58. The monoisotopic (exact) mass is 381 g/mol. The van der Waals surface area contributed by atoms with Crippen LogP contribution in [-0.4, -0.2) is 61.8 Å². The fourth-order valence-electron chi connectivity index (χ4n) is 2.84. The third-order valence-corrected chi connectivity index (χ3v) is 4.54. The summed E-state index contributed by atoms with van der Waals surface area (Å²) in [5.41, 5.74) is 1.87. The lowest BCUT2D eigenvalue weighted by Crippen LogP contribution is -2.24. The van der Waals surface area contributed by atoms with Gasteiger partial charge >= 0.3 is 0 Å². The van der Waals surface area contributed by atoms with Crippen molar-refractivity contribution in [3.8, 4) is 5.75 Å². The fraction of sp³-hybridized carbons (Fsp3) is 0.286. The maximum atomic E-state index is 12.4. The van der Waals surface area contributed by atoms with Crippen molar-refractivity contribution in [1.82, 2.24) is 15.1 Å². The van der Waals surface area contributed by atoms with Crippen molar-refractivity contribution in [2.75, 3.05) is 34.3 Å². The third-order valence-electron chi connectivity index (χ3n) is 4.54. The summed E-state index contributed by atoms with van der Waals surface area (Å²) >= 11 is 0. The first-order chi connectivity index (χ1) is 13.4. The van der Waals surface area contributed by atoms with Crippen LogP contribution in [0.3, 0.4) is 0 Å². The first-order valence-corrected chi connectivity index (χ1v) is 8.98. The highest BCUT2D eigenvalue weighted by Crippen LogP contribution is 2.22. The van der Waals surface area contributed by atoms with E-state index in [1.807, 2.05) is 43.3 Å². The number of amides is 3. The minimum absolute atomic E-state index is 0.263. The summed E-state index contributed by atoms with van der Waals surface area (Å²) in [4.78, 5) is 39.5. The molecule has 0 bridgehead atoms. The lowest BCUT2D eigenvalue weighted by Gasteiger charge is -2.11. The molecular weight excluding hydrogens is 358 g/mol. The molecule has 7 nitrogen and oxygen atoms in total. The van der Waals surface area contributed by atoms with E-state index in [1.54, 1.807) is 6.07 Å². The van der Waals surface area contributed by atoms with Gasteiger partial charge in [0, 0.05) is 25.7 Å². The Hall–Kier alpha value is -3.19. The number of nitrogens with zero attached hydrogens (tertiary/aromatic N) is 2. The van der Waals surface area contributed by atoms with Crippen molar-refractivity contribution in [2.24, 2.45) is 0 Å². The molecule has 146 valence electrons. The van der Waals surface area contributed by atoms with Gasteiger partial charge in [-0.25, -0.2) is 0 Å². The summed E-state index contributed by atoms with van der Waals surface area (Å²) in [5, 5.41) is 2.82. The van der Waals surface area contributed by atoms with E-state index >= 15 is 0 Å². The van der Waals surface area contributed by atoms with Crippen LogP contribution < -0.4 is 10.1 Å². The van der Waals surface area contributed by atoms with E-state index in [1.165, 1.54) is 19.2 Å². The molecule has 0 aliphatic carbocycles. The molecule has 2 aromatic carbocycles. The lowest BCUT2D eigenvalue weighted by molar-refractivity contribution is 0.0693. The van der Waals surface area contributed by atoms with Gasteiger partial charge in [-0.2, -0.15) is 0 Å². The number of ether oxygens (including phenoxy) is 1. The second-order valence-corrected chi connectivity index (χ2v) is 6.91. The van der Waals surface area contributed by atoms with Crippen molar-refractivity contribution in [3.05, 3.63) is 64.7 Å². The zero-order valence-corrected chi connectivity index (χ0v) is 16.2. The molecule has 0 spiro atoms. The van der Waals surface area contributed by atoms with Gasteiger partial charge in [-0.1, -0.05) is 12.1 Å². The molecule has 1 heterocycles. The van der Waals surface area contributed by atoms with Gasteiger partial charge < -0.3 is 15.0 Å². The highest BCUT2D eigenvalue weighted by molar-refractivity contribution is 6.21. The Kier molecular flexibility index (Phi) is 5.75. The van der Waals surface area contributed by atoms with Gasteiger partial charge in [-0.05, 0) is 50.0 Å². The molecular formula is C21H23N3O4. The number of likely N-dealkylation sites (N-methyl/N-ethyl adjacent to an activating group) is 1. The molecule has 0 fully saturated rings. The van der Waals surface area contributed by atoms with E-state index in [-0.39, 0.29) is 23.3 Å². The van der Waals surface area contributed by atoms with Crippen LogP contribution in [0.25, 0.3) is 0 Å². The van der Waals surface area contributed by atoms with Gasteiger partial charge in [0.25, 0.3) is 17.7 Å². The zero-order chi connectivity index (χ0) is 20.3.